The molecule has 1 heterocycles. The van der Waals surface area contributed by atoms with Gasteiger partial charge in [-0.05, 0) is 144 Å². The summed E-state index contributed by atoms with van der Waals surface area (Å²) in [5.41, 5.74) is 16.6. The van der Waals surface area contributed by atoms with E-state index in [1.54, 1.807) is 0 Å². The Morgan fingerprint density at radius 3 is 1.56 bits per heavy atom. The Hall–Kier alpha value is -8.76. The molecule has 70 heavy (non-hydrogen) atoms. The molecule has 13 aromatic rings. The van der Waals surface area contributed by atoms with Crippen molar-refractivity contribution in [2.24, 2.45) is 0 Å². The van der Waals surface area contributed by atoms with E-state index in [9.17, 15) is 0 Å². The van der Waals surface area contributed by atoms with Gasteiger partial charge in [-0.15, -0.1) is 11.3 Å². The van der Waals surface area contributed by atoms with E-state index in [0.29, 0.717) is 0 Å². The highest BCUT2D eigenvalue weighted by Crippen LogP contribution is 2.67. The molecule has 0 fully saturated rings. The van der Waals surface area contributed by atoms with Crippen molar-refractivity contribution in [3.63, 3.8) is 0 Å². The number of anilines is 6. The van der Waals surface area contributed by atoms with E-state index in [1.165, 1.54) is 103 Å². The largest absolute Gasteiger partial charge is 0.310 e. The van der Waals surface area contributed by atoms with E-state index in [0.717, 1.165) is 28.4 Å². The van der Waals surface area contributed by atoms with Crippen molar-refractivity contribution in [3.05, 3.63) is 277 Å². The smallest absolute Gasteiger partial charge is 0.0727 e. The topological polar surface area (TPSA) is 6.48 Å². The third-order valence-corrected chi connectivity index (χ3v) is 16.3. The fourth-order valence-corrected chi connectivity index (χ4v) is 13.5. The van der Waals surface area contributed by atoms with Crippen LogP contribution in [0.25, 0.3) is 74.7 Å². The fourth-order valence-electron chi connectivity index (χ4n) is 12.3. The van der Waals surface area contributed by atoms with Gasteiger partial charge in [0.2, 0.25) is 0 Å². The van der Waals surface area contributed by atoms with Crippen molar-refractivity contribution in [1.29, 1.82) is 0 Å². The maximum absolute atomic E-state index is 2.60. The Morgan fingerprint density at radius 2 is 0.829 bits per heavy atom. The Bertz CT molecular complexity index is 4270. The van der Waals surface area contributed by atoms with Crippen LogP contribution >= 0.6 is 11.3 Å². The summed E-state index contributed by atoms with van der Waals surface area (Å²) in [6.45, 7) is 0. The van der Waals surface area contributed by atoms with Crippen LogP contribution in [0.5, 0.6) is 0 Å². The molecule has 1 spiro atoms. The zero-order valence-corrected chi connectivity index (χ0v) is 38.9. The fraction of sp³-hybridized carbons (Fsp3) is 0.0149. The maximum Gasteiger partial charge on any atom is 0.0727 e. The number of hydrogen-bond acceptors (Lipinski definition) is 3. The second kappa shape index (κ2) is 15.1. The van der Waals surface area contributed by atoms with Gasteiger partial charge in [-0.3, -0.25) is 0 Å². The molecule has 0 radical (unpaired) electrons. The van der Waals surface area contributed by atoms with Crippen LogP contribution in [0.3, 0.4) is 0 Å². The van der Waals surface area contributed by atoms with Crippen molar-refractivity contribution in [3.8, 4) is 22.3 Å². The summed E-state index contributed by atoms with van der Waals surface area (Å²) in [5.74, 6) is 0. The summed E-state index contributed by atoms with van der Waals surface area (Å²) < 4.78 is 2.59. The Kier molecular flexibility index (Phi) is 8.48. The van der Waals surface area contributed by atoms with Gasteiger partial charge in [0.15, 0.2) is 0 Å². The number of benzene rings is 12. The van der Waals surface area contributed by atoms with Crippen molar-refractivity contribution >= 4 is 98.0 Å². The van der Waals surface area contributed by atoms with Crippen LogP contribution in [-0.2, 0) is 5.41 Å². The van der Waals surface area contributed by atoms with Gasteiger partial charge in [-0.2, -0.15) is 0 Å². The summed E-state index contributed by atoms with van der Waals surface area (Å²) in [5, 5.41) is 9.95. The number of para-hydroxylation sites is 2. The lowest BCUT2D eigenvalue weighted by atomic mass is 9.70. The van der Waals surface area contributed by atoms with Gasteiger partial charge in [0.25, 0.3) is 0 Å². The van der Waals surface area contributed by atoms with Gasteiger partial charge in [0, 0.05) is 54.2 Å². The van der Waals surface area contributed by atoms with Gasteiger partial charge >= 0.3 is 0 Å². The number of hydrogen-bond donors (Lipinski definition) is 0. The van der Waals surface area contributed by atoms with Crippen LogP contribution < -0.4 is 9.80 Å². The first-order valence-corrected chi connectivity index (χ1v) is 25.0. The zero-order chi connectivity index (χ0) is 45.9. The first kappa shape index (κ1) is 39.3. The lowest BCUT2D eigenvalue weighted by Crippen LogP contribution is -2.26. The van der Waals surface area contributed by atoms with Crippen LogP contribution in [0.2, 0.25) is 0 Å². The van der Waals surface area contributed by atoms with Crippen LogP contribution in [0.15, 0.2) is 255 Å². The van der Waals surface area contributed by atoms with Crippen LogP contribution in [0.4, 0.5) is 34.1 Å². The summed E-state index contributed by atoms with van der Waals surface area (Å²) in [6.07, 6.45) is 0. The number of fused-ring (bicyclic) bond motifs is 18. The standard InChI is InChI=1S/C67H42N2S/c1-3-22-48(23-4-1)68(50-34-31-43-17-7-9-20-46(43)39-50)52-36-37-55-59(41-52)67(57-29-15-13-27-54(57)63-53-26-12-11-19-45(53)33-38-58(63)67)60-42-61(65-56-28-14-16-30-62(56)70-66(65)64(55)60)69(49-24-5-2-6-25-49)51-35-32-44-18-8-10-21-47(44)40-51/h1-42H. The molecule has 0 saturated heterocycles. The van der Waals surface area contributed by atoms with Crippen LogP contribution in [0, 0.1) is 0 Å². The minimum atomic E-state index is -0.659. The summed E-state index contributed by atoms with van der Waals surface area (Å²) in [7, 11) is 0. The molecule has 2 aliphatic rings. The van der Waals surface area contributed by atoms with Crippen molar-refractivity contribution in [1.82, 2.24) is 0 Å². The molecule has 2 nitrogen and oxygen atoms in total. The molecule has 1 aromatic heterocycles. The highest BCUT2D eigenvalue weighted by molar-refractivity contribution is 7.26. The molecular weight excluding hydrogens is 865 g/mol. The van der Waals surface area contributed by atoms with Crippen molar-refractivity contribution < 1.29 is 0 Å². The molecule has 2 aliphatic carbocycles. The number of rotatable bonds is 6. The molecule has 15 rings (SSSR count). The first-order valence-electron chi connectivity index (χ1n) is 24.2. The van der Waals surface area contributed by atoms with Gasteiger partial charge in [-0.1, -0.05) is 182 Å². The lowest BCUT2D eigenvalue weighted by molar-refractivity contribution is 0.795. The highest BCUT2D eigenvalue weighted by Gasteiger charge is 2.53. The monoisotopic (exact) mass is 906 g/mol. The highest BCUT2D eigenvalue weighted by atomic mass is 32.1. The van der Waals surface area contributed by atoms with E-state index in [1.807, 2.05) is 11.3 Å². The quantitative estimate of drug-likeness (QED) is 0.164. The second-order valence-corrected chi connectivity index (χ2v) is 19.8. The molecule has 326 valence electrons. The third-order valence-electron chi connectivity index (χ3n) is 15.2. The molecular formula is C67H42N2S. The van der Waals surface area contributed by atoms with Gasteiger partial charge in [0.05, 0.1) is 11.1 Å². The summed E-state index contributed by atoms with van der Waals surface area (Å²) >= 11 is 1.93. The van der Waals surface area contributed by atoms with E-state index < -0.39 is 5.41 Å². The average molecular weight is 907 g/mol. The maximum atomic E-state index is 2.60. The lowest BCUT2D eigenvalue weighted by Gasteiger charge is -2.33. The van der Waals surface area contributed by atoms with E-state index in [4.69, 9.17) is 0 Å². The average Bonchev–Trinajstić information content (AvgIpc) is 4.07. The molecule has 1 atom stereocenters. The normalized spacial score (nSPS) is 14.3. The zero-order valence-electron chi connectivity index (χ0n) is 38.1. The van der Waals surface area contributed by atoms with E-state index in [-0.39, 0.29) is 0 Å². The van der Waals surface area contributed by atoms with Crippen molar-refractivity contribution in [2.75, 3.05) is 9.80 Å². The molecule has 0 aliphatic heterocycles. The molecule has 12 aromatic carbocycles. The minimum absolute atomic E-state index is 0.659. The van der Waals surface area contributed by atoms with Crippen LogP contribution in [-0.4, -0.2) is 0 Å². The first-order chi connectivity index (χ1) is 34.7. The van der Waals surface area contributed by atoms with Crippen LogP contribution in [0.1, 0.15) is 22.3 Å². The van der Waals surface area contributed by atoms with Gasteiger partial charge in [-0.25, -0.2) is 0 Å². The SMILES string of the molecule is c1ccc(N(c2ccc3c(c2)C2(c4ccccc4-c4c2ccc2ccccc42)c2cc(N(c4ccccc4)c4ccc5ccccc5c4)c4c(sc5ccccc54)c2-3)c2ccc3ccccc3c2)cc1. The number of thiophene rings is 1. The third kappa shape index (κ3) is 5.55. The predicted octanol–water partition coefficient (Wildman–Crippen LogP) is 18.8. The second-order valence-electron chi connectivity index (χ2n) is 18.8. The van der Waals surface area contributed by atoms with Gasteiger partial charge in [0.1, 0.15) is 0 Å². The van der Waals surface area contributed by atoms with E-state index in [2.05, 4.69) is 265 Å². The molecule has 0 N–H and O–H groups in total. The minimum Gasteiger partial charge on any atom is -0.310 e. The predicted molar refractivity (Wildman–Crippen MR) is 298 cm³/mol. The molecule has 0 amide bonds. The molecule has 0 bridgehead atoms. The van der Waals surface area contributed by atoms with Crippen molar-refractivity contribution in [2.45, 2.75) is 5.41 Å². The Balaban J connectivity index is 1.09. The molecule has 0 saturated carbocycles. The number of nitrogens with zero attached hydrogens (tertiary/aromatic N) is 2. The molecule has 1 unspecified atom stereocenters. The summed E-state index contributed by atoms with van der Waals surface area (Å²) in [4.78, 5) is 4.97. The molecule has 3 heteroatoms. The Labute approximate surface area is 410 Å². The van der Waals surface area contributed by atoms with Gasteiger partial charge < -0.3 is 9.80 Å². The van der Waals surface area contributed by atoms with E-state index >= 15 is 0 Å². The Morgan fingerprint density at radius 1 is 0.300 bits per heavy atom. The summed E-state index contributed by atoms with van der Waals surface area (Å²) in [6, 6.07) is 95.1.